The SMILES string of the molecule is COCOC1CC=CC1Sc1ccccc1. The summed E-state index contributed by atoms with van der Waals surface area (Å²) in [5, 5.41) is 0.401. The molecule has 1 aliphatic carbocycles. The summed E-state index contributed by atoms with van der Waals surface area (Å²) in [7, 11) is 1.65. The van der Waals surface area contributed by atoms with E-state index in [0.29, 0.717) is 12.0 Å². The Balaban J connectivity index is 1.91. The van der Waals surface area contributed by atoms with Gasteiger partial charge in [-0.3, -0.25) is 0 Å². The van der Waals surface area contributed by atoms with Gasteiger partial charge in [-0.2, -0.15) is 0 Å². The van der Waals surface area contributed by atoms with Crippen molar-refractivity contribution in [3.63, 3.8) is 0 Å². The Morgan fingerprint density at radius 1 is 1.31 bits per heavy atom. The van der Waals surface area contributed by atoms with Crippen molar-refractivity contribution in [1.82, 2.24) is 0 Å². The molecule has 2 rings (SSSR count). The molecule has 16 heavy (non-hydrogen) atoms. The molecule has 2 nitrogen and oxygen atoms in total. The fourth-order valence-corrected chi connectivity index (χ4v) is 2.85. The van der Waals surface area contributed by atoms with Crippen LogP contribution < -0.4 is 0 Å². The second kappa shape index (κ2) is 6.09. The van der Waals surface area contributed by atoms with Crippen LogP contribution in [0.5, 0.6) is 0 Å². The number of rotatable bonds is 5. The van der Waals surface area contributed by atoms with Gasteiger partial charge >= 0.3 is 0 Å². The maximum atomic E-state index is 5.63. The zero-order chi connectivity index (χ0) is 11.2. The van der Waals surface area contributed by atoms with Gasteiger partial charge in [0.1, 0.15) is 6.79 Å². The number of ether oxygens (including phenoxy) is 2. The summed E-state index contributed by atoms with van der Waals surface area (Å²) < 4.78 is 10.6. The third-order valence-electron chi connectivity index (χ3n) is 2.48. The Morgan fingerprint density at radius 2 is 2.12 bits per heavy atom. The Bertz CT molecular complexity index is 337. The summed E-state index contributed by atoms with van der Waals surface area (Å²) in [5.74, 6) is 0. The smallest absolute Gasteiger partial charge is 0.146 e. The summed E-state index contributed by atoms with van der Waals surface area (Å²) in [6, 6.07) is 10.4. The van der Waals surface area contributed by atoms with Gasteiger partial charge < -0.3 is 9.47 Å². The van der Waals surface area contributed by atoms with Crippen LogP contribution in [-0.2, 0) is 9.47 Å². The highest BCUT2D eigenvalue weighted by Crippen LogP contribution is 2.32. The molecule has 0 spiro atoms. The van der Waals surface area contributed by atoms with Crippen molar-refractivity contribution >= 4 is 11.8 Å². The molecule has 1 aromatic rings. The van der Waals surface area contributed by atoms with Crippen molar-refractivity contribution in [3.8, 4) is 0 Å². The van der Waals surface area contributed by atoms with Crippen molar-refractivity contribution in [2.75, 3.05) is 13.9 Å². The van der Waals surface area contributed by atoms with Gasteiger partial charge in [0.15, 0.2) is 0 Å². The summed E-state index contributed by atoms with van der Waals surface area (Å²) in [6.45, 7) is 0.373. The van der Waals surface area contributed by atoms with Crippen LogP contribution in [0.4, 0.5) is 0 Å². The molecule has 2 unspecified atom stereocenters. The first kappa shape index (κ1) is 11.7. The maximum absolute atomic E-state index is 5.63. The van der Waals surface area contributed by atoms with Gasteiger partial charge in [0.25, 0.3) is 0 Å². The lowest BCUT2D eigenvalue weighted by molar-refractivity contribution is -0.0650. The standard InChI is InChI=1S/C13H16O2S/c1-14-10-15-12-8-5-9-13(12)16-11-6-3-2-4-7-11/h2-7,9,12-13H,8,10H2,1H3. The number of hydrogen-bond acceptors (Lipinski definition) is 3. The van der Waals surface area contributed by atoms with Crippen LogP contribution in [-0.4, -0.2) is 25.3 Å². The van der Waals surface area contributed by atoms with Gasteiger partial charge in [-0.15, -0.1) is 11.8 Å². The molecule has 0 aromatic heterocycles. The van der Waals surface area contributed by atoms with E-state index in [4.69, 9.17) is 9.47 Å². The topological polar surface area (TPSA) is 18.5 Å². The predicted molar refractivity (Wildman–Crippen MR) is 66.6 cm³/mol. The number of thioether (sulfide) groups is 1. The van der Waals surface area contributed by atoms with Crippen molar-refractivity contribution in [1.29, 1.82) is 0 Å². The van der Waals surface area contributed by atoms with E-state index in [0.717, 1.165) is 6.42 Å². The second-order valence-corrected chi connectivity index (χ2v) is 4.92. The summed E-state index contributed by atoms with van der Waals surface area (Å²) in [5.41, 5.74) is 0. The first-order valence-corrected chi connectivity index (χ1v) is 6.27. The van der Waals surface area contributed by atoms with Gasteiger partial charge in [0, 0.05) is 12.0 Å². The van der Waals surface area contributed by atoms with Crippen LogP contribution >= 0.6 is 11.8 Å². The minimum absolute atomic E-state index is 0.241. The van der Waals surface area contributed by atoms with E-state index in [2.05, 4.69) is 36.4 Å². The lowest BCUT2D eigenvalue weighted by Gasteiger charge is -2.19. The molecule has 0 radical (unpaired) electrons. The molecule has 0 amide bonds. The average Bonchev–Trinajstić information content (AvgIpc) is 2.75. The van der Waals surface area contributed by atoms with Crippen LogP contribution in [0.2, 0.25) is 0 Å². The molecule has 0 aliphatic heterocycles. The van der Waals surface area contributed by atoms with Gasteiger partial charge in [-0.05, 0) is 18.6 Å². The monoisotopic (exact) mass is 236 g/mol. The third-order valence-corrected chi connectivity index (χ3v) is 3.75. The molecule has 0 N–H and O–H groups in total. The van der Waals surface area contributed by atoms with Crippen LogP contribution in [0, 0.1) is 0 Å². The Morgan fingerprint density at radius 3 is 2.88 bits per heavy atom. The first-order valence-electron chi connectivity index (χ1n) is 5.39. The molecule has 1 aliphatic rings. The number of benzene rings is 1. The van der Waals surface area contributed by atoms with E-state index >= 15 is 0 Å². The molecule has 2 atom stereocenters. The Labute approximate surface area is 101 Å². The van der Waals surface area contributed by atoms with E-state index in [1.54, 1.807) is 7.11 Å². The number of hydrogen-bond donors (Lipinski definition) is 0. The zero-order valence-corrected chi connectivity index (χ0v) is 10.2. The van der Waals surface area contributed by atoms with E-state index in [9.17, 15) is 0 Å². The van der Waals surface area contributed by atoms with Gasteiger partial charge in [0.05, 0.1) is 11.4 Å². The van der Waals surface area contributed by atoms with Crippen LogP contribution in [0.3, 0.4) is 0 Å². The predicted octanol–water partition coefficient (Wildman–Crippen LogP) is 3.10. The number of methoxy groups -OCH3 is 1. The third kappa shape index (κ3) is 3.11. The molecule has 0 saturated carbocycles. The fraction of sp³-hybridized carbons (Fsp3) is 0.385. The maximum Gasteiger partial charge on any atom is 0.146 e. The van der Waals surface area contributed by atoms with Gasteiger partial charge in [-0.1, -0.05) is 30.4 Å². The molecular formula is C13H16O2S. The lowest BCUT2D eigenvalue weighted by atomic mass is 10.3. The van der Waals surface area contributed by atoms with Crippen molar-refractivity contribution < 1.29 is 9.47 Å². The van der Waals surface area contributed by atoms with Crippen LogP contribution in [0.15, 0.2) is 47.4 Å². The highest BCUT2D eigenvalue weighted by Gasteiger charge is 2.24. The van der Waals surface area contributed by atoms with E-state index < -0.39 is 0 Å². The Kier molecular flexibility index (Phi) is 4.45. The van der Waals surface area contributed by atoms with E-state index in [-0.39, 0.29) is 6.10 Å². The molecular weight excluding hydrogens is 220 g/mol. The highest BCUT2D eigenvalue weighted by molar-refractivity contribution is 8.00. The van der Waals surface area contributed by atoms with Gasteiger partial charge in [-0.25, -0.2) is 0 Å². The summed E-state index contributed by atoms with van der Waals surface area (Å²) in [6.07, 6.45) is 5.62. The molecule has 0 saturated heterocycles. The minimum atomic E-state index is 0.241. The minimum Gasteiger partial charge on any atom is -0.359 e. The van der Waals surface area contributed by atoms with Gasteiger partial charge in [0.2, 0.25) is 0 Å². The summed E-state index contributed by atoms with van der Waals surface area (Å²) in [4.78, 5) is 1.28. The molecule has 0 fully saturated rings. The molecule has 3 heteroatoms. The highest BCUT2D eigenvalue weighted by atomic mass is 32.2. The summed E-state index contributed by atoms with van der Waals surface area (Å²) >= 11 is 1.84. The lowest BCUT2D eigenvalue weighted by Crippen LogP contribution is -2.21. The molecule has 86 valence electrons. The molecule has 0 heterocycles. The zero-order valence-electron chi connectivity index (χ0n) is 9.34. The van der Waals surface area contributed by atoms with E-state index in [1.807, 2.05) is 17.8 Å². The molecule has 0 bridgehead atoms. The first-order chi connectivity index (χ1) is 7.90. The fourth-order valence-electron chi connectivity index (χ4n) is 1.69. The normalized spacial score (nSPS) is 23.8. The molecule has 1 aromatic carbocycles. The quantitative estimate of drug-likeness (QED) is 0.578. The Hall–Kier alpha value is -0.770. The average molecular weight is 236 g/mol. The largest absolute Gasteiger partial charge is 0.359 e. The van der Waals surface area contributed by atoms with Crippen LogP contribution in [0.1, 0.15) is 6.42 Å². The second-order valence-electron chi connectivity index (χ2n) is 3.67. The van der Waals surface area contributed by atoms with E-state index in [1.165, 1.54) is 4.90 Å². The van der Waals surface area contributed by atoms with Crippen molar-refractivity contribution in [2.24, 2.45) is 0 Å². The van der Waals surface area contributed by atoms with Crippen molar-refractivity contribution in [2.45, 2.75) is 22.7 Å². The van der Waals surface area contributed by atoms with Crippen molar-refractivity contribution in [3.05, 3.63) is 42.5 Å². The van der Waals surface area contributed by atoms with Crippen LogP contribution in [0.25, 0.3) is 0 Å².